The van der Waals surface area contributed by atoms with E-state index in [-0.39, 0.29) is 0 Å². The lowest BCUT2D eigenvalue weighted by Crippen LogP contribution is -2.01. The van der Waals surface area contributed by atoms with Gasteiger partial charge in [0.15, 0.2) is 0 Å². The molecule has 1 aliphatic heterocycles. The summed E-state index contributed by atoms with van der Waals surface area (Å²) in [6.45, 7) is 1.66. The van der Waals surface area contributed by atoms with Crippen molar-refractivity contribution in [2.24, 2.45) is 5.11 Å². The van der Waals surface area contributed by atoms with Crippen molar-refractivity contribution in [2.45, 2.75) is 57.9 Å². The molecule has 0 atom stereocenters. The van der Waals surface area contributed by atoms with Gasteiger partial charge >= 0.3 is 0 Å². The van der Waals surface area contributed by atoms with Gasteiger partial charge in [-0.15, -0.1) is 17.4 Å². The van der Waals surface area contributed by atoms with Crippen LogP contribution in [0.1, 0.15) is 50.6 Å². The molecule has 0 fully saturated rings. The Bertz CT molecular complexity index is 432. The van der Waals surface area contributed by atoms with Crippen molar-refractivity contribution in [3.8, 4) is 12.3 Å². The number of unbranched alkanes of at least 4 members (excludes halogenated alkanes) is 3. The maximum atomic E-state index is 7.89. The Kier molecular flexibility index (Phi) is 8.75. The number of hydrogen-bond acceptors (Lipinski definition) is 3. The first kappa shape index (κ1) is 16.1. The Labute approximate surface area is 120 Å². The highest BCUT2D eigenvalue weighted by Crippen LogP contribution is 2.11. The normalized spacial score (nSPS) is 12.9. The first-order chi connectivity index (χ1) is 9.88. The Morgan fingerprint density at radius 2 is 2.25 bits per heavy atom. The van der Waals surface area contributed by atoms with Crippen molar-refractivity contribution in [1.29, 1.82) is 0 Å². The average molecular weight is 274 g/mol. The second kappa shape index (κ2) is 10.9. The Balaban J connectivity index is 0.000000200. The summed E-state index contributed by atoms with van der Waals surface area (Å²) in [4.78, 5) is 2.64. The van der Waals surface area contributed by atoms with E-state index < -0.39 is 0 Å². The molecule has 0 saturated heterocycles. The van der Waals surface area contributed by atoms with Crippen LogP contribution in [0.25, 0.3) is 10.4 Å². The number of hydrogen-bond donors (Lipinski definition) is 0. The van der Waals surface area contributed by atoms with Gasteiger partial charge in [-0.2, -0.15) is 0 Å². The van der Waals surface area contributed by atoms with Gasteiger partial charge in [-0.3, -0.25) is 0 Å². The van der Waals surface area contributed by atoms with E-state index in [1.54, 1.807) is 0 Å². The Morgan fingerprint density at radius 1 is 1.35 bits per heavy atom. The number of fused-ring (bicyclic) bond motifs is 1. The molecule has 1 aromatic heterocycles. The molecule has 0 N–H and O–H groups in total. The largest absolute Gasteiger partial charge is 0.249 e. The van der Waals surface area contributed by atoms with E-state index in [1.807, 2.05) is 10.9 Å². The first-order valence-corrected chi connectivity index (χ1v) is 7.20. The van der Waals surface area contributed by atoms with Crippen molar-refractivity contribution >= 4 is 0 Å². The number of aryl methyl sites for hydroxylation is 2. The SMILES string of the molecule is C#CCCCCCN=[N+]=[N-].c1nnn2c1CCCCC2. The zero-order valence-corrected chi connectivity index (χ0v) is 11.9. The fourth-order valence-electron chi connectivity index (χ4n) is 2.04. The zero-order chi connectivity index (χ0) is 14.5. The first-order valence-electron chi connectivity index (χ1n) is 7.20. The average Bonchev–Trinajstić information content (AvgIpc) is 2.80. The smallest absolute Gasteiger partial charge is 0.0725 e. The summed E-state index contributed by atoms with van der Waals surface area (Å²) in [6, 6.07) is 0. The summed E-state index contributed by atoms with van der Waals surface area (Å²) in [5.74, 6) is 2.56. The van der Waals surface area contributed by atoms with Gasteiger partial charge in [0, 0.05) is 24.4 Å². The van der Waals surface area contributed by atoms with Crippen LogP contribution in [0.4, 0.5) is 0 Å². The van der Waals surface area contributed by atoms with E-state index in [0.29, 0.717) is 6.54 Å². The molecule has 2 heterocycles. The molecule has 0 bridgehead atoms. The third-order valence-electron chi connectivity index (χ3n) is 3.14. The molecular formula is C14H22N6. The van der Waals surface area contributed by atoms with Gasteiger partial charge in [0.2, 0.25) is 0 Å². The third kappa shape index (κ3) is 6.81. The third-order valence-corrected chi connectivity index (χ3v) is 3.14. The van der Waals surface area contributed by atoms with E-state index in [9.17, 15) is 0 Å². The molecule has 0 radical (unpaired) electrons. The molecule has 2 rings (SSSR count). The molecule has 0 amide bonds. The van der Waals surface area contributed by atoms with E-state index >= 15 is 0 Å². The monoisotopic (exact) mass is 274 g/mol. The predicted molar refractivity (Wildman–Crippen MR) is 78.9 cm³/mol. The summed E-state index contributed by atoms with van der Waals surface area (Å²) in [6.07, 6.45) is 15.9. The van der Waals surface area contributed by atoms with Gasteiger partial charge in [-0.1, -0.05) is 23.2 Å². The minimum atomic E-state index is 0.598. The maximum absolute atomic E-state index is 7.89. The number of aromatic nitrogens is 3. The van der Waals surface area contributed by atoms with Gasteiger partial charge in [-0.25, -0.2) is 4.68 Å². The fraction of sp³-hybridized carbons (Fsp3) is 0.714. The molecular weight excluding hydrogens is 252 g/mol. The van der Waals surface area contributed by atoms with Gasteiger partial charge in [0.05, 0.1) is 11.9 Å². The molecule has 6 nitrogen and oxygen atoms in total. The van der Waals surface area contributed by atoms with Crippen molar-refractivity contribution in [3.05, 3.63) is 22.3 Å². The van der Waals surface area contributed by atoms with Crippen LogP contribution in [0.5, 0.6) is 0 Å². The predicted octanol–water partition coefficient (Wildman–Crippen LogP) is 3.49. The molecule has 1 aromatic rings. The molecule has 0 saturated carbocycles. The molecule has 6 heteroatoms. The summed E-state index contributed by atoms with van der Waals surface area (Å²) in [5, 5.41) is 11.2. The van der Waals surface area contributed by atoms with Crippen molar-refractivity contribution < 1.29 is 0 Å². The number of terminal acetylenes is 1. The number of rotatable bonds is 5. The second-order valence-corrected chi connectivity index (χ2v) is 4.73. The second-order valence-electron chi connectivity index (χ2n) is 4.73. The fourth-order valence-corrected chi connectivity index (χ4v) is 2.04. The summed E-state index contributed by atoms with van der Waals surface area (Å²) >= 11 is 0. The lowest BCUT2D eigenvalue weighted by molar-refractivity contribution is 0.556. The Morgan fingerprint density at radius 3 is 3.05 bits per heavy atom. The van der Waals surface area contributed by atoms with Crippen molar-refractivity contribution in [3.63, 3.8) is 0 Å². The van der Waals surface area contributed by atoms with Crippen LogP contribution in [-0.4, -0.2) is 21.5 Å². The molecule has 108 valence electrons. The van der Waals surface area contributed by atoms with E-state index in [2.05, 4.69) is 26.3 Å². The van der Waals surface area contributed by atoms with Crippen LogP contribution in [0.15, 0.2) is 11.3 Å². The highest BCUT2D eigenvalue weighted by molar-refractivity contribution is 4.94. The van der Waals surface area contributed by atoms with E-state index in [0.717, 1.165) is 38.6 Å². The van der Waals surface area contributed by atoms with Crippen molar-refractivity contribution in [1.82, 2.24) is 15.0 Å². The van der Waals surface area contributed by atoms with E-state index in [1.165, 1.54) is 25.0 Å². The minimum Gasteiger partial charge on any atom is -0.249 e. The molecule has 1 aliphatic rings. The maximum Gasteiger partial charge on any atom is 0.0725 e. The molecule has 20 heavy (non-hydrogen) atoms. The van der Waals surface area contributed by atoms with Crippen LogP contribution in [0, 0.1) is 12.3 Å². The van der Waals surface area contributed by atoms with Gasteiger partial charge in [0.1, 0.15) is 0 Å². The van der Waals surface area contributed by atoms with Gasteiger partial charge < -0.3 is 0 Å². The van der Waals surface area contributed by atoms with E-state index in [4.69, 9.17) is 12.0 Å². The van der Waals surface area contributed by atoms with Crippen molar-refractivity contribution in [2.75, 3.05) is 6.54 Å². The molecule has 0 unspecified atom stereocenters. The number of azide groups is 1. The van der Waals surface area contributed by atoms with Crippen LogP contribution in [-0.2, 0) is 13.0 Å². The highest BCUT2D eigenvalue weighted by Gasteiger charge is 2.06. The minimum absolute atomic E-state index is 0.598. The van der Waals surface area contributed by atoms with Crippen LogP contribution < -0.4 is 0 Å². The van der Waals surface area contributed by atoms with Crippen LogP contribution >= 0.6 is 0 Å². The summed E-state index contributed by atoms with van der Waals surface area (Å²) < 4.78 is 2.02. The molecule has 0 aliphatic carbocycles. The van der Waals surface area contributed by atoms with Crippen LogP contribution in [0.2, 0.25) is 0 Å². The zero-order valence-electron chi connectivity index (χ0n) is 11.9. The lowest BCUT2D eigenvalue weighted by atomic mass is 10.2. The quantitative estimate of drug-likeness (QED) is 0.271. The highest BCUT2D eigenvalue weighted by atomic mass is 15.4. The van der Waals surface area contributed by atoms with Crippen LogP contribution in [0.3, 0.4) is 0 Å². The summed E-state index contributed by atoms with van der Waals surface area (Å²) in [5.41, 5.74) is 9.20. The standard InChI is InChI=1S/2C7H11N3/c1-2-4-7-6-8-9-10(7)5-3-1;1-2-3-4-5-6-7-9-10-8/h6H,1-5H2;1H,3-7H2. The van der Waals surface area contributed by atoms with Gasteiger partial charge in [-0.05, 0) is 37.6 Å². The molecule has 0 spiro atoms. The molecule has 0 aromatic carbocycles. The Hall–Kier alpha value is -1.99. The van der Waals surface area contributed by atoms with Gasteiger partial charge in [0.25, 0.3) is 0 Å². The lowest BCUT2D eigenvalue weighted by Gasteiger charge is -1.96. The summed E-state index contributed by atoms with van der Waals surface area (Å²) in [7, 11) is 0. The topological polar surface area (TPSA) is 79.5 Å². The number of nitrogens with zero attached hydrogens (tertiary/aromatic N) is 6.